The van der Waals surface area contributed by atoms with Crippen LogP contribution in [0.1, 0.15) is 47.4 Å². The lowest BCUT2D eigenvalue weighted by Gasteiger charge is -2.29. The van der Waals surface area contributed by atoms with Crippen LogP contribution in [0, 0.1) is 13.8 Å². The molecule has 0 atom stereocenters. The lowest BCUT2D eigenvalue weighted by atomic mass is 9.97. The third kappa shape index (κ3) is 2.73. The normalized spacial score (nSPS) is 17.2. The fourth-order valence-electron chi connectivity index (χ4n) is 2.48. The van der Waals surface area contributed by atoms with E-state index in [9.17, 15) is 4.79 Å². The van der Waals surface area contributed by atoms with E-state index >= 15 is 0 Å². The van der Waals surface area contributed by atoms with Gasteiger partial charge in [0.25, 0.3) is 5.91 Å². The number of aryl methyl sites for hydroxylation is 2. The third-order valence-corrected chi connectivity index (χ3v) is 4.02. The van der Waals surface area contributed by atoms with Gasteiger partial charge in [0.1, 0.15) is 0 Å². The number of hydrogen-bond acceptors (Lipinski definition) is 4. The molecule has 0 saturated heterocycles. The zero-order valence-corrected chi connectivity index (χ0v) is 12.0. The Morgan fingerprint density at radius 2 is 2.00 bits per heavy atom. The van der Waals surface area contributed by atoms with E-state index in [0.717, 1.165) is 25.7 Å². The molecule has 0 unspecified atom stereocenters. The number of rotatable bonds is 3. The molecule has 102 valence electrons. The quantitative estimate of drug-likeness (QED) is 0.817. The van der Waals surface area contributed by atoms with Crippen molar-refractivity contribution in [2.45, 2.75) is 45.1 Å². The number of carbonyl (C=O) groups excluding carboxylic acids is 1. The summed E-state index contributed by atoms with van der Waals surface area (Å²) < 4.78 is 0. The number of amides is 1. The zero-order chi connectivity index (χ0) is 14.0. The fourth-order valence-corrected chi connectivity index (χ4v) is 2.73. The summed E-state index contributed by atoms with van der Waals surface area (Å²) in [7, 11) is 0. The molecule has 5 nitrogen and oxygen atoms in total. The molecule has 1 heterocycles. The Bertz CT molecular complexity index is 523. The van der Waals surface area contributed by atoms with Crippen LogP contribution < -0.4 is 11.1 Å². The first-order valence-electron chi connectivity index (χ1n) is 6.38. The van der Waals surface area contributed by atoms with Gasteiger partial charge < -0.3 is 11.1 Å². The minimum atomic E-state index is -0.532. The van der Waals surface area contributed by atoms with Gasteiger partial charge in [0.15, 0.2) is 0 Å². The Hall–Kier alpha value is -1.56. The van der Waals surface area contributed by atoms with Crippen molar-refractivity contribution in [3.05, 3.63) is 23.0 Å². The fraction of sp³-hybridized carbons (Fsp3) is 0.538. The number of nitrogens with zero attached hydrogens (tertiary/aromatic N) is 2. The zero-order valence-electron chi connectivity index (χ0n) is 11.2. The molecule has 6 heteroatoms. The van der Waals surface area contributed by atoms with Gasteiger partial charge in [-0.1, -0.05) is 25.1 Å². The van der Waals surface area contributed by atoms with Crippen molar-refractivity contribution in [3.63, 3.8) is 0 Å². The minimum absolute atomic E-state index is 0.176. The van der Waals surface area contributed by atoms with Crippen LogP contribution in [0.25, 0.3) is 0 Å². The summed E-state index contributed by atoms with van der Waals surface area (Å²) in [5.74, 6) is -0.176. The molecule has 2 rings (SSSR count). The van der Waals surface area contributed by atoms with E-state index in [1.165, 1.54) is 0 Å². The van der Waals surface area contributed by atoms with Gasteiger partial charge in [0.05, 0.1) is 27.5 Å². The average molecular weight is 278 g/mol. The Labute approximate surface area is 118 Å². The van der Waals surface area contributed by atoms with Crippen LogP contribution >= 0.6 is 12.2 Å². The number of carbonyl (C=O) groups is 1. The van der Waals surface area contributed by atoms with Crippen molar-refractivity contribution in [1.82, 2.24) is 15.5 Å². The van der Waals surface area contributed by atoms with Gasteiger partial charge in [0.2, 0.25) is 0 Å². The second-order valence-corrected chi connectivity index (χ2v) is 5.53. The first kappa shape index (κ1) is 13.9. The van der Waals surface area contributed by atoms with Crippen molar-refractivity contribution < 1.29 is 4.79 Å². The number of aromatic nitrogens is 2. The molecule has 0 bridgehead atoms. The van der Waals surface area contributed by atoms with Gasteiger partial charge in [-0.2, -0.15) is 10.2 Å². The standard InChI is InChI=1S/C13H18N4OS/c1-8-7-10(9(2)17-16-8)11(18)15-13(12(14)19)5-3-4-6-13/h7H,3-6H2,1-2H3,(H2,14,19)(H,15,18). The van der Waals surface area contributed by atoms with Gasteiger partial charge in [0, 0.05) is 0 Å². The average Bonchev–Trinajstić information content (AvgIpc) is 2.82. The number of nitrogens with two attached hydrogens (primary N) is 1. The molecule has 1 amide bonds. The lowest BCUT2D eigenvalue weighted by Crippen LogP contribution is -2.54. The summed E-state index contributed by atoms with van der Waals surface area (Å²) in [6.45, 7) is 3.57. The highest BCUT2D eigenvalue weighted by molar-refractivity contribution is 7.80. The first-order valence-corrected chi connectivity index (χ1v) is 6.79. The Balaban J connectivity index is 2.25. The minimum Gasteiger partial charge on any atom is -0.391 e. The van der Waals surface area contributed by atoms with E-state index in [0.29, 0.717) is 21.9 Å². The molecule has 0 aliphatic heterocycles. The van der Waals surface area contributed by atoms with E-state index < -0.39 is 5.54 Å². The van der Waals surface area contributed by atoms with Gasteiger partial charge >= 0.3 is 0 Å². The molecule has 1 aliphatic rings. The Kier molecular flexibility index (Phi) is 3.80. The molecule has 0 spiro atoms. The second-order valence-electron chi connectivity index (χ2n) is 5.09. The van der Waals surface area contributed by atoms with Gasteiger partial charge in [-0.25, -0.2) is 0 Å². The molecule has 1 aromatic heterocycles. The molecule has 0 aromatic carbocycles. The Morgan fingerprint density at radius 3 is 2.58 bits per heavy atom. The van der Waals surface area contributed by atoms with Crippen molar-refractivity contribution in [3.8, 4) is 0 Å². The largest absolute Gasteiger partial charge is 0.391 e. The number of nitrogens with one attached hydrogen (secondary N) is 1. The van der Waals surface area contributed by atoms with Crippen LogP contribution in [0.2, 0.25) is 0 Å². The topological polar surface area (TPSA) is 80.9 Å². The van der Waals surface area contributed by atoms with E-state index in [1.807, 2.05) is 6.92 Å². The van der Waals surface area contributed by atoms with Crippen LogP contribution in [0.3, 0.4) is 0 Å². The lowest BCUT2D eigenvalue weighted by molar-refractivity contribution is 0.0923. The summed E-state index contributed by atoms with van der Waals surface area (Å²) in [6, 6.07) is 1.74. The summed E-state index contributed by atoms with van der Waals surface area (Å²) >= 11 is 5.13. The maximum absolute atomic E-state index is 12.4. The molecule has 1 aromatic rings. The monoisotopic (exact) mass is 278 g/mol. The third-order valence-electron chi connectivity index (χ3n) is 3.63. The first-order chi connectivity index (χ1) is 8.94. The second kappa shape index (κ2) is 5.21. The smallest absolute Gasteiger partial charge is 0.254 e. The molecular weight excluding hydrogens is 260 g/mol. The summed E-state index contributed by atoms with van der Waals surface area (Å²) in [5, 5.41) is 10.9. The van der Waals surface area contributed by atoms with Crippen LogP contribution in [-0.2, 0) is 0 Å². The van der Waals surface area contributed by atoms with E-state index in [4.69, 9.17) is 18.0 Å². The van der Waals surface area contributed by atoms with Crippen molar-refractivity contribution in [2.75, 3.05) is 0 Å². The van der Waals surface area contributed by atoms with E-state index in [-0.39, 0.29) is 5.91 Å². The predicted molar refractivity (Wildman–Crippen MR) is 77.0 cm³/mol. The van der Waals surface area contributed by atoms with Crippen LogP contribution in [0.4, 0.5) is 0 Å². The molecule has 19 heavy (non-hydrogen) atoms. The number of thiocarbonyl (C=S) groups is 1. The Morgan fingerprint density at radius 1 is 1.37 bits per heavy atom. The molecule has 1 fully saturated rings. The van der Waals surface area contributed by atoms with E-state index in [2.05, 4.69) is 15.5 Å². The number of hydrogen-bond donors (Lipinski definition) is 2. The maximum Gasteiger partial charge on any atom is 0.254 e. The molecule has 1 saturated carbocycles. The summed E-state index contributed by atoms with van der Waals surface area (Å²) in [6.07, 6.45) is 3.68. The maximum atomic E-state index is 12.4. The van der Waals surface area contributed by atoms with Crippen LogP contribution in [0.5, 0.6) is 0 Å². The van der Waals surface area contributed by atoms with Crippen LogP contribution in [0.15, 0.2) is 6.07 Å². The molecular formula is C13H18N4OS. The molecule has 1 aliphatic carbocycles. The highest BCUT2D eigenvalue weighted by Crippen LogP contribution is 2.30. The van der Waals surface area contributed by atoms with Gasteiger partial charge in [-0.3, -0.25) is 4.79 Å². The highest BCUT2D eigenvalue weighted by atomic mass is 32.1. The van der Waals surface area contributed by atoms with Crippen molar-refractivity contribution in [1.29, 1.82) is 0 Å². The van der Waals surface area contributed by atoms with Crippen LogP contribution in [-0.4, -0.2) is 26.6 Å². The van der Waals surface area contributed by atoms with Crippen molar-refractivity contribution >= 4 is 23.1 Å². The summed E-state index contributed by atoms with van der Waals surface area (Å²) in [5.41, 5.74) is 7.15. The predicted octanol–water partition coefficient (Wildman–Crippen LogP) is 1.42. The van der Waals surface area contributed by atoms with Crippen molar-refractivity contribution in [2.24, 2.45) is 5.73 Å². The molecule has 3 N–H and O–H groups in total. The SMILES string of the molecule is Cc1cc(C(=O)NC2(C(N)=S)CCCC2)c(C)nn1. The van der Waals surface area contributed by atoms with Gasteiger partial charge in [-0.05, 0) is 32.8 Å². The van der Waals surface area contributed by atoms with E-state index in [1.54, 1.807) is 13.0 Å². The van der Waals surface area contributed by atoms with Gasteiger partial charge in [-0.15, -0.1) is 0 Å². The molecule has 0 radical (unpaired) electrons. The highest BCUT2D eigenvalue weighted by Gasteiger charge is 2.38. The summed E-state index contributed by atoms with van der Waals surface area (Å²) in [4.78, 5) is 12.8.